The average molecular weight is 555 g/mol. The third-order valence-corrected chi connectivity index (χ3v) is 7.11. The lowest BCUT2D eigenvalue weighted by molar-refractivity contribution is -0.234. The third-order valence-electron chi connectivity index (χ3n) is 7.11. The van der Waals surface area contributed by atoms with E-state index in [1.165, 1.54) is 24.3 Å². The van der Waals surface area contributed by atoms with Gasteiger partial charge >= 0.3 is 0 Å². The van der Waals surface area contributed by atoms with Crippen molar-refractivity contribution in [1.29, 1.82) is 0 Å². The molecule has 0 aromatic heterocycles. The van der Waals surface area contributed by atoms with Gasteiger partial charge in [0.1, 0.15) is 83.9 Å². The zero-order valence-corrected chi connectivity index (χ0v) is 20.2. The fourth-order valence-corrected chi connectivity index (χ4v) is 4.92. The molecular weight excluding hydrogens is 524 g/mol. The molecule has 14 nitrogen and oxygen atoms in total. The summed E-state index contributed by atoms with van der Waals surface area (Å²) in [5.41, 5.74) is -2.46. The fourth-order valence-electron chi connectivity index (χ4n) is 4.92. The van der Waals surface area contributed by atoms with E-state index < -0.39 is 114 Å². The van der Waals surface area contributed by atoms with Crippen LogP contribution in [0.15, 0.2) is 30.3 Å². The van der Waals surface area contributed by atoms with Crippen LogP contribution in [0.25, 0.3) is 0 Å². The summed E-state index contributed by atoms with van der Waals surface area (Å²) in [7, 11) is 0. The minimum absolute atomic E-state index is 0.0479. The van der Waals surface area contributed by atoms with E-state index in [0.717, 1.165) is 0 Å². The topological polar surface area (TPSA) is 258 Å². The number of benzene rings is 2. The molecular formula is C25H30O14. The largest absolute Gasteiger partial charge is 0.507 e. The van der Waals surface area contributed by atoms with Gasteiger partial charge in [0.2, 0.25) is 5.78 Å². The van der Waals surface area contributed by atoms with Crippen molar-refractivity contribution < 1.29 is 70.4 Å². The van der Waals surface area contributed by atoms with Gasteiger partial charge in [-0.05, 0) is 0 Å². The molecule has 0 aliphatic carbocycles. The van der Waals surface area contributed by atoms with E-state index in [2.05, 4.69) is 0 Å². The van der Waals surface area contributed by atoms with E-state index in [1.807, 2.05) is 0 Å². The van der Waals surface area contributed by atoms with Gasteiger partial charge in [0, 0.05) is 5.56 Å². The molecule has 14 heteroatoms. The number of aliphatic hydroxyl groups is 8. The van der Waals surface area contributed by atoms with Gasteiger partial charge in [-0.15, -0.1) is 0 Å². The van der Waals surface area contributed by atoms with Crippen LogP contribution < -0.4 is 0 Å². The number of hydrogen-bond donors (Lipinski definition) is 11. The minimum atomic E-state index is -2.05. The Bertz CT molecular complexity index is 1120. The number of rotatable bonds is 6. The second-order valence-electron chi connectivity index (χ2n) is 9.44. The number of carbonyl (C=O) groups is 1. The smallest absolute Gasteiger partial charge is 0.200 e. The molecule has 11 N–H and O–H groups in total. The van der Waals surface area contributed by atoms with Crippen LogP contribution in [0.3, 0.4) is 0 Å². The van der Waals surface area contributed by atoms with Crippen molar-refractivity contribution in [1.82, 2.24) is 0 Å². The van der Waals surface area contributed by atoms with Crippen molar-refractivity contribution >= 4 is 5.78 Å². The first-order valence-corrected chi connectivity index (χ1v) is 12.0. The summed E-state index contributed by atoms with van der Waals surface area (Å²) in [5, 5.41) is 115. The molecule has 214 valence electrons. The summed E-state index contributed by atoms with van der Waals surface area (Å²) < 4.78 is 10.9. The van der Waals surface area contributed by atoms with Crippen LogP contribution in [0.1, 0.15) is 39.3 Å². The Balaban J connectivity index is 1.98. The lowest BCUT2D eigenvalue weighted by Crippen LogP contribution is -2.55. The first kappa shape index (κ1) is 29.1. The molecule has 0 spiro atoms. The maximum absolute atomic E-state index is 13.4. The number of carbonyl (C=O) groups excluding carboxylic acids is 1. The van der Waals surface area contributed by atoms with E-state index >= 15 is 0 Å². The summed E-state index contributed by atoms with van der Waals surface area (Å²) in [5.74, 6) is -4.31. The number of aromatic hydroxyl groups is 3. The van der Waals surface area contributed by atoms with Gasteiger partial charge in [-0.2, -0.15) is 0 Å². The van der Waals surface area contributed by atoms with Crippen molar-refractivity contribution in [2.24, 2.45) is 0 Å². The molecule has 2 heterocycles. The lowest BCUT2D eigenvalue weighted by atomic mass is 9.83. The van der Waals surface area contributed by atoms with Crippen molar-refractivity contribution in [2.45, 2.75) is 61.0 Å². The summed E-state index contributed by atoms with van der Waals surface area (Å²) in [4.78, 5) is 13.4. The van der Waals surface area contributed by atoms with Gasteiger partial charge < -0.3 is 65.6 Å². The second-order valence-corrected chi connectivity index (χ2v) is 9.44. The first-order chi connectivity index (χ1) is 18.5. The van der Waals surface area contributed by atoms with Crippen LogP contribution in [0.4, 0.5) is 0 Å². The Morgan fingerprint density at radius 2 is 1.03 bits per heavy atom. The van der Waals surface area contributed by atoms with Gasteiger partial charge in [-0.3, -0.25) is 4.79 Å². The quantitative estimate of drug-likeness (QED) is 0.160. The molecule has 10 atom stereocenters. The average Bonchev–Trinajstić information content (AvgIpc) is 2.93. The normalized spacial score (nSPS) is 35.1. The third kappa shape index (κ3) is 4.85. The van der Waals surface area contributed by atoms with Gasteiger partial charge in [-0.25, -0.2) is 0 Å². The summed E-state index contributed by atoms with van der Waals surface area (Å²) in [6.45, 7) is -1.73. The van der Waals surface area contributed by atoms with Crippen LogP contribution in [0.5, 0.6) is 17.2 Å². The Morgan fingerprint density at radius 1 is 0.615 bits per heavy atom. The van der Waals surface area contributed by atoms with Crippen LogP contribution in [-0.2, 0) is 9.47 Å². The summed E-state index contributed by atoms with van der Waals surface area (Å²) in [6.07, 6.45) is -18.4. The summed E-state index contributed by atoms with van der Waals surface area (Å²) >= 11 is 0. The zero-order valence-electron chi connectivity index (χ0n) is 20.2. The molecule has 0 amide bonds. The van der Waals surface area contributed by atoms with E-state index in [1.54, 1.807) is 6.07 Å². The van der Waals surface area contributed by atoms with E-state index in [0.29, 0.717) is 0 Å². The maximum Gasteiger partial charge on any atom is 0.200 e. The molecule has 2 aromatic rings. The van der Waals surface area contributed by atoms with E-state index in [9.17, 15) is 61.0 Å². The van der Waals surface area contributed by atoms with Crippen LogP contribution in [-0.4, -0.2) is 124 Å². The highest BCUT2D eigenvalue weighted by molar-refractivity contribution is 6.13. The molecule has 2 aromatic carbocycles. The zero-order chi connectivity index (χ0) is 28.8. The molecule has 0 bridgehead atoms. The van der Waals surface area contributed by atoms with Crippen molar-refractivity contribution in [2.75, 3.05) is 13.2 Å². The Kier molecular flexibility index (Phi) is 8.44. The van der Waals surface area contributed by atoms with Crippen LogP contribution in [0.2, 0.25) is 0 Å². The van der Waals surface area contributed by atoms with Gasteiger partial charge in [0.15, 0.2) is 0 Å². The monoisotopic (exact) mass is 554 g/mol. The molecule has 0 radical (unpaired) electrons. The molecule has 10 unspecified atom stereocenters. The highest BCUT2D eigenvalue weighted by atomic mass is 16.6. The number of hydrogen-bond acceptors (Lipinski definition) is 14. The molecule has 2 aliphatic rings. The van der Waals surface area contributed by atoms with Crippen molar-refractivity contribution in [3.8, 4) is 17.2 Å². The Labute approximate surface area is 220 Å². The second kappa shape index (κ2) is 11.3. The SMILES string of the molecule is O=C(c1ccccc1)c1c(O)c(C2OC(CO)C(O)C(O)C2O)c(O)c(C2OC(CO)C(O)C(O)C2O)c1O. The predicted octanol–water partition coefficient (Wildman–Crippen LogP) is -2.94. The minimum Gasteiger partial charge on any atom is -0.507 e. The van der Waals surface area contributed by atoms with Gasteiger partial charge in [0.25, 0.3) is 0 Å². The Hall–Kier alpha value is -2.89. The van der Waals surface area contributed by atoms with Crippen molar-refractivity contribution in [3.63, 3.8) is 0 Å². The molecule has 39 heavy (non-hydrogen) atoms. The molecule has 0 saturated carbocycles. The predicted molar refractivity (Wildman–Crippen MR) is 127 cm³/mol. The summed E-state index contributed by atoms with van der Waals surface area (Å²) in [6, 6.07) is 7.24. The lowest BCUT2D eigenvalue weighted by Gasteiger charge is -2.42. The van der Waals surface area contributed by atoms with Gasteiger partial charge in [-0.1, -0.05) is 30.3 Å². The number of phenolic OH excluding ortho intramolecular Hbond substituents is 3. The number of phenols is 3. The number of ether oxygens (including phenoxy) is 2. The Morgan fingerprint density at radius 3 is 1.41 bits per heavy atom. The van der Waals surface area contributed by atoms with Crippen LogP contribution in [0, 0.1) is 0 Å². The van der Waals surface area contributed by atoms with Gasteiger partial charge in [0.05, 0.1) is 24.3 Å². The molecule has 2 aliphatic heterocycles. The highest BCUT2D eigenvalue weighted by Crippen LogP contribution is 2.53. The maximum atomic E-state index is 13.4. The van der Waals surface area contributed by atoms with E-state index in [4.69, 9.17) is 9.47 Å². The molecule has 4 rings (SSSR count). The van der Waals surface area contributed by atoms with E-state index in [-0.39, 0.29) is 5.56 Å². The fraction of sp³-hybridized carbons (Fsp3) is 0.480. The number of ketones is 1. The highest BCUT2D eigenvalue weighted by Gasteiger charge is 2.50. The first-order valence-electron chi connectivity index (χ1n) is 12.0. The molecule has 2 saturated heterocycles. The molecule has 2 fully saturated rings. The van der Waals surface area contributed by atoms with Crippen LogP contribution >= 0.6 is 0 Å². The standard InChI is InChI=1S/C25H30O14/c26-6-9-15(29)20(34)22(36)24(38-9)12-17(31)11(14(28)8-4-2-1-3-5-8)18(32)13(19(12)33)25-23(37)21(35)16(30)10(7-27)39-25/h1-5,9-10,15-16,20-27,29-37H,6-7H2. The number of aliphatic hydroxyl groups excluding tert-OH is 8. The van der Waals surface area contributed by atoms with Crippen molar-refractivity contribution in [3.05, 3.63) is 52.6 Å².